The van der Waals surface area contributed by atoms with Crippen molar-refractivity contribution in [3.05, 3.63) is 23.8 Å². The van der Waals surface area contributed by atoms with Crippen molar-refractivity contribution in [2.45, 2.75) is 46.5 Å². The zero-order valence-electron chi connectivity index (χ0n) is 15.1. The molecule has 0 aromatic heterocycles. The third kappa shape index (κ3) is 4.28. The fourth-order valence-corrected chi connectivity index (χ4v) is 3.13. The van der Waals surface area contributed by atoms with Crippen LogP contribution < -0.4 is 10.2 Å². The summed E-state index contributed by atoms with van der Waals surface area (Å²) in [5.41, 5.74) is 2.37. The number of nitrogens with one attached hydrogen (secondary N) is 1. The van der Waals surface area contributed by atoms with Gasteiger partial charge in [-0.3, -0.25) is 9.59 Å². The van der Waals surface area contributed by atoms with Crippen molar-refractivity contribution in [1.82, 2.24) is 4.90 Å². The van der Waals surface area contributed by atoms with Crippen LogP contribution in [-0.4, -0.2) is 42.9 Å². The van der Waals surface area contributed by atoms with Crippen LogP contribution in [0.5, 0.6) is 0 Å². The van der Waals surface area contributed by atoms with Crippen LogP contribution in [0.1, 0.15) is 56.8 Å². The molecule has 1 saturated heterocycles. The average molecular weight is 331 g/mol. The maximum Gasteiger partial charge on any atom is 0.256 e. The molecule has 1 aromatic rings. The van der Waals surface area contributed by atoms with E-state index in [0.29, 0.717) is 30.8 Å². The molecule has 2 amide bonds. The number of anilines is 2. The Morgan fingerprint density at radius 2 is 1.75 bits per heavy atom. The second-order valence-corrected chi connectivity index (χ2v) is 6.16. The van der Waals surface area contributed by atoms with Crippen molar-refractivity contribution < 1.29 is 9.59 Å². The normalized spacial score (nSPS) is 14.4. The lowest BCUT2D eigenvalue weighted by Gasteiger charge is -2.31. The SMILES string of the molecule is CCC(=O)Nc1ccc(N2CCCCC2)c(C(=O)N(CC)CC)c1. The molecule has 5 heteroatoms. The number of carbonyl (C=O) groups is 2. The summed E-state index contributed by atoms with van der Waals surface area (Å²) in [5.74, 6) is -0.00451. The number of hydrogen-bond acceptors (Lipinski definition) is 3. The molecule has 1 N–H and O–H groups in total. The third-order valence-corrected chi connectivity index (χ3v) is 4.58. The van der Waals surface area contributed by atoms with Gasteiger partial charge in [0.15, 0.2) is 0 Å². The van der Waals surface area contributed by atoms with Gasteiger partial charge < -0.3 is 15.1 Å². The van der Waals surface area contributed by atoms with E-state index >= 15 is 0 Å². The number of carbonyl (C=O) groups excluding carboxylic acids is 2. The predicted octanol–water partition coefficient (Wildman–Crippen LogP) is 3.51. The Kier molecular flexibility index (Phi) is 6.64. The van der Waals surface area contributed by atoms with Gasteiger partial charge in [-0.05, 0) is 51.3 Å². The molecular weight excluding hydrogens is 302 g/mol. The van der Waals surface area contributed by atoms with Gasteiger partial charge in [-0.2, -0.15) is 0 Å². The van der Waals surface area contributed by atoms with Gasteiger partial charge in [-0.1, -0.05) is 6.92 Å². The average Bonchev–Trinajstić information content (AvgIpc) is 2.63. The first-order valence-electron chi connectivity index (χ1n) is 9.08. The van der Waals surface area contributed by atoms with Crippen molar-refractivity contribution in [2.24, 2.45) is 0 Å². The monoisotopic (exact) mass is 331 g/mol. The van der Waals surface area contributed by atoms with Crippen molar-refractivity contribution in [2.75, 3.05) is 36.4 Å². The van der Waals surface area contributed by atoms with Crippen LogP contribution in [-0.2, 0) is 4.79 Å². The minimum atomic E-state index is -0.0399. The molecule has 1 aliphatic heterocycles. The molecule has 0 aliphatic carbocycles. The Bertz CT molecular complexity index is 576. The molecule has 2 rings (SSSR count). The molecule has 0 unspecified atom stereocenters. The number of benzene rings is 1. The fraction of sp³-hybridized carbons (Fsp3) is 0.579. The first kappa shape index (κ1) is 18.3. The van der Waals surface area contributed by atoms with Gasteiger partial charge in [0.25, 0.3) is 5.91 Å². The van der Waals surface area contributed by atoms with Crippen LogP contribution in [0.25, 0.3) is 0 Å². The van der Waals surface area contributed by atoms with Gasteiger partial charge in [-0.15, -0.1) is 0 Å². The Hall–Kier alpha value is -2.04. The van der Waals surface area contributed by atoms with Gasteiger partial charge in [0.05, 0.1) is 5.56 Å². The van der Waals surface area contributed by atoms with Crippen LogP contribution >= 0.6 is 0 Å². The van der Waals surface area contributed by atoms with Crippen molar-refractivity contribution >= 4 is 23.2 Å². The molecule has 1 aromatic carbocycles. The number of rotatable bonds is 6. The first-order valence-corrected chi connectivity index (χ1v) is 9.08. The highest BCUT2D eigenvalue weighted by molar-refractivity contribution is 6.02. The quantitative estimate of drug-likeness (QED) is 0.868. The highest BCUT2D eigenvalue weighted by atomic mass is 16.2. The highest BCUT2D eigenvalue weighted by Gasteiger charge is 2.22. The van der Waals surface area contributed by atoms with Crippen LogP contribution in [0.3, 0.4) is 0 Å². The zero-order chi connectivity index (χ0) is 17.5. The molecule has 1 fully saturated rings. The molecule has 0 radical (unpaired) electrons. The van der Waals surface area contributed by atoms with Crippen molar-refractivity contribution in [3.8, 4) is 0 Å². The van der Waals surface area contributed by atoms with E-state index in [1.165, 1.54) is 6.42 Å². The Labute approximate surface area is 145 Å². The molecule has 1 aliphatic rings. The summed E-state index contributed by atoms with van der Waals surface area (Å²) in [6.07, 6.45) is 3.99. The fourth-order valence-electron chi connectivity index (χ4n) is 3.13. The molecule has 0 spiro atoms. The molecule has 0 atom stereocenters. The second kappa shape index (κ2) is 8.71. The van der Waals surface area contributed by atoms with E-state index in [1.54, 1.807) is 0 Å². The highest BCUT2D eigenvalue weighted by Crippen LogP contribution is 2.28. The van der Waals surface area contributed by atoms with E-state index in [-0.39, 0.29) is 11.8 Å². The molecule has 132 valence electrons. The molecule has 24 heavy (non-hydrogen) atoms. The van der Waals surface area contributed by atoms with Crippen molar-refractivity contribution in [1.29, 1.82) is 0 Å². The van der Waals surface area contributed by atoms with Gasteiger partial charge in [0.2, 0.25) is 5.91 Å². The predicted molar refractivity (Wildman–Crippen MR) is 98.7 cm³/mol. The van der Waals surface area contributed by atoms with Gasteiger partial charge in [0.1, 0.15) is 0 Å². The van der Waals surface area contributed by atoms with Crippen molar-refractivity contribution in [3.63, 3.8) is 0 Å². The molecule has 5 nitrogen and oxygen atoms in total. The van der Waals surface area contributed by atoms with Crippen LogP contribution in [0.4, 0.5) is 11.4 Å². The first-order chi connectivity index (χ1) is 11.6. The lowest BCUT2D eigenvalue weighted by atomic mass is 10.0. The Balaban J connectivity index is 2.37. The summed E-state index contributed by atoms with van der Waals surface area (Å²) in [5, 5.41) is 2.86. The molecular formula is C19H29N3O2. The summed E-state index contributed by atoms with van der Waals surface area (Å²) in [7, 11) is 0. The minimum absolute atomic E-state index is 0.0353. The number of amides is 2. The zero-order valence-corrected chi connectivity index (χ0v) is 15.1. The van der Waals surface area contributed by atoms with Gasteiger partial charge in [-0.25, -0.2) is 0 Å². The largest absolute Gasteiger partial charge is 0.371 e. The van der Waals surface area contributed by atoms with Crippen LogP contribution in [0.15, 0.2) is 18.2 Å². The van der Waals surface area contributed by atoms with E-state index in [1.807, 2.05) is 43.9 Å². The van der Waals surface area contributed by atoms with E-state index in [0.717, 1.165) is 31.6 Å². The summed E-state index contributed by atoms with van der Waals surface area (Å²) in [4.78, 5) is 28.8. The number of piperidine rings is 1. The number of hydrogen-bond donors (Lipinski definition) is 1. The Morgan fingerprint density at radius 1 is 1.08 bits per heavy atom. The topological polar surface area (TPSA) is 52.7 Å². The minimum Gasteiger partial charge on any atom is -0.371 e. The molecule has 0 saturated carbocycles. The van der Waals surface area contributed by atoms with Crippen LogP contribution in [0, 0.1) is 0 Å². The van der Waals surface area contributed by atoms with E-state index in [2.05, 4.69) is 10.2 Å². The van der Waals surface area contributed by atoms with Gasteiger partial charge >= 0.3 is 0 Å². The van der Waals surface area contributed by atoms with E-state index in [4.69, 9.17) is 0 Å². The molecule has 1 heterocycles. The third-order valence-electron chi connectivity index (χ3n) is 4.58. The second-order valence-electron chi connectivity index (χ2n) is 6.16. The summed E-state index contributed by atoms with van der Waals surface area (Å²) in [6, 6.07) is 5.71. The summed E-state index contributed by atoms with van der Waals surface area (Å²) >= 11 is 0. The maximum absolute atomic E-state index is 13.0. The van der Waals surface area contributed by atoms with E-state index in [9.17, 15) is 9.59 Å². The summed E-state index contributed by atoms with van der Waals surface area (Å²) < 4.78 is 0. The maximum atomic E-state index is 13.0. The smallest absolute Gasteiger partial charge is 0.256 e. The van der Waals surface area contributed by atoms with Gasteiger partial charge in [0, 0.05) is 44.0 Å². The van der Waals surface area contributed by atoms with Crippen LogP contribution in [0.2, 0.25) is 0 Å². The standard InChI is InChI=1S/C19H29N3O2/c1-4-18(23)20-15-10-11-17(22-12-8-7-9-13-22)16(14-15)19(24)21(5-2)6-3/h10-11,14H,4-9,12-13H2,1-3H3,(H,20,23). The van der Waals surface area contributed by atoms with E-state index < -0.39 is 0 Å². The Morgan fingerprint density at radius 3 is 2.33 bits per heavy atom. The number of nitrogens with zero attached hydrogens (tertiary/aromatic N) is 2. The molecule has 0 bridgehead atoms. The lowest BCUT2D eigenvalue weighted by molar-refractivity contribution is -0.115. The summed E-state index contributed by atoms with van der Waals surface area (Å²) in [6.45, 7) is 9.13. The lowest BCUT2D eigenvalue weighted by Crippen LogP contribution is -2.35.